The van der Waals surface area contributed by atoms with Gasteiger partial charge in [0, 0.05) is 12.1 Å². The number of imidazole rings is 1. The second-order valence-corrected chi connectivity index (χ2v) is 4.57. The summed E-state index contributed by atoms with van der Waals surface area (Å²) in [5.74, 6) is -2.33. The van der Waals surface area contributed by atoms with Crippen LogP contribution in [0.15, 0.2) is 12.1 Å². The zero-order valence-electron chi connectivity index (χ0n) is 10.5. The standard InChI is InChI=1S/C12H14F2N2O4/c1-4(17)9(18)10(19)11(20)12-15-7-2-5(13)6(14)3-8(7)16-12/h2-4,9-11,17-20H,1H3,(H,15,16)/t4?,9-,10?,11?/m1/s1. The molecule has 0 amide bonds. The van der Waals surface area contributed by atoms with Crippen LogP contribution in [0.4, 0.5) is 8.78 Å². The number of hydrogen-bond donors (Lipinski definition) is 5. The predicted molar refractivity (Wildman–Crippen MR) is 64.7 cm³/mol. The summed E-state index contributed by atoms with van der Waals surface area (Å²) in [6.45, 7) is 1.24. The third-order valence-electron chi connectivity index (χ3n) is 2.99. The van der Waals surface area contributed by atoms with E-state index >= 15 is 0 Å². The number of aliphatic hydroxyl groups is 4. The molecule has 6 nitrogen and oxygen atoms in total. The van der Waals surface area contributed by atoms with Crippen LogP contribution < -0.4 is 0 Å². The van der Waals surface area contributed by atoms with Gasteiger partial charge >= 0.3 is 0 Å². The summed E-state index contributed by atoms with van der Waals surface area (Å²) in [6.07, 6.45) is -6.20. The Hall–Kier alpha value is -1.61. The van der Waals surface area contributed by atoms with Crippen molar-refractivity contribution >= 4 is 11.0 Å². The molecule has 8 heteroatoms. The van der Waals surface area contributed by atoms with Crippen molar-refractivity contribution < 1.29 is 29.2 Å². The smallest absolute Gasteiger partial charge is 0.161 e. The number of halogens is 2. The number of aliphatic hydroxyl groups excluding tert-OH is 4. The average molecular weight is 288 g/mol. The van der Waals surface area contributed by atoms with Gasteiger partial charge in [-0.2, -0.15) is 0 Å². The summed E-state index contributed by atoms with van der Waals surface area (Å²) in [6, 6.07) is 1.71. The van der Waals surface area contributed by atoms with Crippen molar-refractivity contribution in [2.45, 2.75) is 31.3 Å². The van der Waals surface area contributed by atoms with Gasteiger partial charge in [0.1, 0.15) is 24.1 Å². The van der Waals surface area contributed by atoms with Crippen molar-refractivity contribution in [2.75, 3.05) is 0 Å². The van der Waals surface area contributed by atoms with Crippen LogP contribution in [0.3, 0.4) is 0 Å². The molecule has 0 aliphatic heterocycles. The van der Waals surface area contributed by atoms with Gasteiger partial charge in [0.2, 0.25) is 0 Å². The topological polar surface area (TPSA) is 110 Å². The molecule has 1 aromatic carbocycles. The van der Waals surface area contributed by atoms with Crippen LogP contribution in [0.25, 0.3) is 11.0 Å². The highest BCUT2D eigenvalue weighted by molar-refractivity contribution is 5.75. The molecule has 4 atom stereocenters. The molecule has 110 valence electrons. The zero-order valence-corrected chi connectivity index (χ0v) is 10.5. The molecule has 2 rings (SSSR count). The van der Waals surface area contributed by atoms with Gasteiger partial charge in [-0.25, -0.2) is 13.8 Å². The Morgan fingerprint density at radius 2 is 1.65 bits per heavy atom. The number of fused-ring (bicyclic) bond motifs is 1. The van der Waals surface area contributed by atoms with Crippen LogP contribution >= 0.6 is 0 Å². The molecule has 0 bridgehead atoms. The fraction of sp³-hybridized carbons (Fsp3) is 0.417. The number of aromatic amines is 1. The number of rotatable bonds is 4. The Morgan fingerprint density at radius 3 is 2.25 bits per heavy atom. The fourth-order valence-electron chi connectivity index (χ4n) is 1.80. The van der Waals surface area contributed by atoms with Gasteiger partial charge in [0.25, 0.3) is 0 Å². The highest BCUT2D eigenvalue weighted by atomic mass is 19.2. The summed E-state index contributed by atoms with van der Waals surface area (Å²) >= 11 is 0. The van der Waals surface area contributed by atoms with Gasteiger partial charge < -0.3 is 25.4 Å². The van der Waals surface area contributed by atoms with Gasteiger partial charge in [-0.3, -0.25) is 0 Å². The lowest BCUT2D eigenvalue weighted by Crippen LogP contribution is -2.39. The molecule has 20 heavy (non-hydrogen) atoms. The Labute approximate surface area is 112 Å². The average Bonchev–Trinajstić information content (AvgIpc) is 2.79. The van der Waals surface area contributed by atoms with Crippen molar-refractivity contribution in [2.24, 2.45) is 0 Å². The van der Waals surface area contributed by atoms with Crippen molar-refractivity contribution in [1.82, 2.24) is 9.97 Å². The van der Waals surface area contributed by atoms with E-state index in [9.17, 15) is 24.1 Å². The Bertz CT molecular complexity index is 578. The lowest BCUT2D eigenvalue weighted by molar-refractivity contribution is -0.103. The Balaban J connectivity index is 2.33. The van der Waals surface area contributed by atoms with E-state index in [2.05, 4.69) is 9.97 Å². The third-order valence-corrected chi connectivity index (χ3v) is 2.99. The first kappa shape index (κ1) is 14.8. The molecule has 0 fully saturated rings. The van der Waals surface area contributed by atoms with E-state index in [0.717, 1.165) is 12.1 Å². The van der Waals surface area contributed by atoms with Crippen molar-refractivity contribution in [3.63, 3.8) is 0 Å². The molecular weight excluding hydrogens is 274 g/mol. The molecule has 0 radical (unpaired) electrons. The van der Waals surface area contributed by atoms with E-state index in [-0.39, 0.29) is 16.9 Å². The van der Waals surface area contributed by atoms with Crippen molar-refractivity contribution in [3.05, 3.63) is 29.6 Å². The first-order chi connectivity index (χ1) is 9.31. The van der Waals surface area contributed by atoms with Crippen LogP contribution in [0.1, 0.15) is 18.9 Å². The van der Waals surface area contributed by atoms with Gasteiger partial charge in [0.05, 0.1) is 17.1 Å². The third kappa shape index (κ3) is 2.63. The van der Waals surface area contributed by atoms with Crippen LogP contribution in [-0.2, 0) is 0 Å². The van der Waals surface area contributed by atoms with Gasteiger partial charge in [0.15, 0.2) is 11.6 Å². The summed E-state index contributed by atoms with van der Waals surface area (Å²) in [4.78, 5) is 6.33. The van der Waals surface area contributed by atoms with Crippen molar-refractivity contribution in [1.29, 1.82) is 0 Å². The first-order valence-electron chi connectivity index (χ1n) is 5.88. The van der Waals surface area contributed by atoms with Gasteiger partial charge in [-0.05, 0) is 6.92 Å². The molecule has 0 spiro atoms. The Kier molecular flexibility index (Phi) is 4.00. The number of H-pyrrole nitrogens is 1. The van der Waals surface area contributed by atoms with E-state index in [1.54, 1.807) is 0 Å². The second-order valence-electron chi connectivity index (χ2n) is 4.57. The maximum Gasteiger partial charge on any atom is 0.161 e. The lowest BCUT2D eigenvalue weighted by Gasteiger charge is -2.23. The first-order valence-corrected chi connectivity index (χ1v) is 5.88. The van der Waals surface area contributed by atoms with Gasteiger partial charge in [-0.1, -0.05) is 0 Å². The number of nitrogens with one attached hydrogen (secondary N) is 1. The number of benzene rings is 1. The van der Waals surface area contributed by atoms with Crippen LogP contribution in [0.5, 0.6) is 0 Å². The molecule has 0 saturated heterocycles. The fourth-order valence-corrected chi connectivity index (χ4v) is 1.80. The van der Waals surface area contributed by atoms with Crippen molar-refractivity contribution in [3.8, 4) is 0 Å². The summed E-state index contributed by atoms with van der Waals surface area (Å²) in [7, 11) is 0. The minimum Gasteiger partial charge on any atom is -0.391 e. The quantitative estimate of drug-likeness (QED) is 0.543. The molecule has 0 saturated carbocycles. The lowest BCUT2D eigenvalue weighted by atomic mass is 10.0. The number of hydrogen-bond acceptors (Lipinski definition) is 5. The molecule has 1 heterocycles. The highest BCUT2D eigenvalue weighted by Gasteiger charge is 2.31. The summed E-state index contributed by atoms with van der Waals surface area (Å²) < 4.78 is 26.1. The van der Waals surface area contributed by atoms with Crippen LogP contribution in [-0.4, -0.2) is 48.7 Å². The maximum absolute atomic E-state index is 13.0. The SMILES string of the molecule is CC(O)[C@@H](O)C(O)C(O)c1nc2cc(F)c(F)cc2[nH]1. The molecular formula is C12H14F2N2O4. The van der Waals surface area contributed by atoms with Crippen LogP contribution in [0.2, 0.25) is 0 Å². The van der Waals surface area contributed by atoms with Gasteiger partial charge in [-0.15, -0.1) is 0 Å². The molecule has 3 unspecified atom stereocenters. The minimum absolute atomic E-state index is 0.0664. The zero-order chi connectivity index (χ0) is 15.0. The monoisotopic (exact) mass is 288 g/mol. The van der Waals surface area contributed by atoms with E-state index in [1.165, 1.54) is 6.92 Å². The molecule has 0 aliphatic carbocycles. The summed E-state index contributed by atoms with van der Waals surface area (Å²) in [5.41, 5.74) is 0.202. The van der Waals surface area contributed by atoms with E-state index in [1.807, 2.05) is 0 Å². The molecule has 5 N–H and O–H groups in total. The second kappa shape index (κ2) is 5.41. The number of nitrogens with zero attached hydrogens (tertiary/aromatic N) is 1. The van der Waals surface area contributed by atoms with E-state index in [4.69, 9.17) is 5.11 Å². The Morgan fingerprint density at radius 1 is 1.05 bits per heavy atom. The molecule has 2 aromatic rings. The minimum atomic E-state index is -1.70. The maximum atomic E-state index is 13.0. The molecule has 1 aromatic heterocycles. The summed E-state index contributed by atoms with van der Waals surface area (Å²) in [5, 5.41) is 38.1. The van der Waals surface area contributed by atoms with E-state index in [0.29, 0.717) is 0 Å². The highest BCUT2D eigenvalue weighted by Crippen LogP contribution is 2.22. The van der Waals surface area contributed by atoms with E-state index < -0.39 is 36.1 Å². The largest absolute Gasteiger partial charge is 0.391 e. The van der Waals surface area contributed by atoms with Crippen LogP contribution in [0, 0.1) is 11.6 Å². The molecule has 0 aliphatic rings. The predicted octanol–water partition coefficient (Wildman–Crippen LogP) is -0.0229. The normalized spacial score (nSPS) is 17.9. The number of aromatic nitrogens is 2.